The van der Waals surface area contributed by atoms with E-state index >= 15 is 0 Å². The van der Waals surface area contributed by atoms with E-state index in [-0.39, 0.29) is 46.1 Å². The van der Waals surface area contributed by atoms with Gasteiger partial charge in [0.1, 0.15) is 0 Å². The fraction of sp³-hybridized carbons (Fsp3) is 0.300. The lowest BCUT2D eigenvalue weighted by molar-refractivity contribution is -0.385. The number of ketones is 1. The highest BCUT2D eigenvalue weighted by Crippen LogP contribution is 2.28. The first-order chi connectivity index (χ1) is 15.1. The number of oxazole rings is 1. The minimum absolute atomic E-state index is 0.000538. The van der Waals surface area contributed by atoms with Crippen molar-refractivity contribution in [3.05, 3.63) is 62.6 Å². The number of rotatable bonds is 9. The predicted octanol–water partition coefficient (Wildman–Crippen LogP) is 2.42. The number of ether oxygens (including phenoxy) is 1. The molecule has 0 aliphatic heterocycles. The molecule has 32 heavy (non-hydrogen) atoms. The van der Waals surface area contributed by atoms with Crippen molar-refractivity contribution in [3.8, 4) is 5.75 Å². The molecule has 0 amide bonds. The van der Waals surface area contributed by atoms with Crippen LogP contribution in [0.5, 0.6) is 5.75 Å². The SMILES string of the molecule is CCN(CC)S(=O)(=O)c1ccc2c(c1)oc(=O)n2CC(=O)c1ccc(OC)c([N+](=O)[O-])c1. The van der Waals surface area contributed by atoms with E-state index in [1.807, 2.05) is 0 Å². The molecule has 3 aromatic rings. The summed E-state index contributed by atoms with van der Waals surface area (Å²) in [5, 5.41) is 11.2. The number of Topliss-reactive ketones (excluding diaryl/α,β-unsaturated/α-hetero) is 1. The Bertz CT molecular complexity index is 1350. The number of methoxy groups -OCH3 is 1. The summed E-state index contributed by atoms with van der Waals surface area (Å²) in [7, 11) is -2.49. The lowest BCUT2D eigenvalue weighted by atomic mass is 10.1. The lowest BCUT2D eigenvalue weighted by Gasteiger charge is -2.18. The Morgan fingerprint density at radius 1 is 1.19 bits per heavy atom. The van der Waals surface area contributed by atoms with Crippen molar-refractivity contribution >= 4 is 32.6 Å². The fourth-order valence-electron chi connectivity index (χ4n) is 3.31. The highest BCUT2D eigenvalue weighted by molar-refractivity contribution is 7.89. The average molecular weight is 463 g/mol. The van der Waals surface area contributed by atoms with E-state index in [0.29, 0.717) is 0 Å². The quantitative estimate of drug-likeness (QED) is 0.267. The van der Waals surface area contributed by atoms with Gasteiger partial charge in [-0.3, -0.25) is 19.5 Å². The van der Waals surface area contributed by atoms with Crippen LogP contribution in [0.15, 0.2) is 50.5 Å². The van der Waals surface area contributed by atoms with E-state index in [1.165, 1.54) is 41.7 Å². The molecule has 0 atom stereocenters. The molecular weight excluding hydrogens is 442 g/mol. The number of hydrogen-bond donors (Lipinski definition) is 0. The van der Waals surface area contributed by atoms with Gasteiger partial charge >= 0.3 is 11.4 Å². The average Bonchev–Trinajstić information content (AvgIpc) is 3.08. The number of aromatic nitrogens is 1. The third kappa shape index (κ3) is 4.14. The zero-order valence-electron chi connectivity index (χ0n) is 17.6. The number of sulfonamides is 1. The van der Waals surface area contributed by atoms with Crippen LogP contribution in [0, 0.1) is 10.1 Å². The highest BCUT2D eigenvalue weighted by Gasteiger charge is 2.24. The summed E-state index contributed by atoms with van der Waals surface area (Å²) in [5.74, 6) is -1.42. The molecule has 0 aliphatic carbocycles. The topological polar surface area (TPSA) is 142 Å². The second kappa shape index (κ2) is 8.93. The molecular formula is C20H21N3O8S. The molecule has 0 N–H and O–H groups in total. The third-order valence-electron chi connectivity index (χ3n) is 4.98. The summed E-state index contributed by atoms with van der Waals surface area (Å²) in [4.78, 5) is 35.5. The molecule has 1 aromatic heterocycles. The van der Waals surface area contributed by atoms with Gasteiger partial charge in [0, 0.05) is 30.8 Å². The molecule has 2 aromatic carbocycles. The van der Waals surface area contributed by atoms with Crippen LogP contribution in [0.3, 0.4) is 0 Å². The van der Waals surface area contributed by atoms with Gasteiger partial charge in [-0.15, -0.1) is 0 Å². The van der Waals surface area contributed by atoms with E-state index in [9.17, 15) is 28.1 Å². The number of fused-ring (bicyclic) bond motifs is 1. The minimum atomic E-state index is -3.76. The maximum atomic E-state index is 12.7. The van der Waals surface area contributed by atoms with Crippen LogP contribution in [0.25, 0.3) is 11.1 Å². The summed E-state index contributed by atoms with van der Waals surface area (Å²) in [5.41, 5.74) is -0.130. The van der Waals surface area contributed by atoms with Gasteiger partial charge < -0.3 is 9.15 Å². The van der Waals surface area contributed by atoms with Crippen LogP contribution in [0.2, 0.25) is 0 Å². The molecule has 11 nitrogen and oxygen atoms in total. The third-order valence-corrected chi connectivity index (χ3v) is 7.03. The Balaban J connectivity index is 1.98. The smallest absolute Gasteiger partial charge is 0.420 e. The van der Waals surface area contributed by atoms with Gasteiger partial charge in [-0.2, -0.15) is 4.31 Å². The van der Waals surface area contributed by atoms with Gasteiger partial charge in [0.25, 0.3) is 0 Å². The normalized spacial score (nSPS) is 11.8. The van der Waals surface area contributed by atoms with Crippen molar-refractivity contribution in [2.24, 2.45) is 0 Å². The van der Waals surface area contributed by atoms with E-state index in [4.69, 9.17) is 9.15 Å². The van der Waals surface area contributed by atoms with Gasteiger partial charge in [0.15, 0.2) is 17.1 Å². The number of carbonyl (C=O) groups is 1. The number of carbonyl (C=O) groups excluding carboxylic acids is 1. The van der Waals surface area contributed by atoms with Gasteiger partial charge in [-0.1, -0.05) is 13.8 Å². The maximum Gasteiger partial charge on any atom is 0.420 e. The number of benzene rings is 2. The Hall–Kier alpha value is -3.51. The van der Waals surface area contributed by atoms with Crippen LogP contribution in [-0.2, 0) is 16.6 Å². The molecule has 170 valence electrons. The van der Waals surface area contributed by atoms with Crippen molar-refractivity contribution < 1.29 is 27.3 Å². The highest BCUT2D eigenvalue weighted by atomic mass is 32.2. The number of hydrogen-bond acceptors (Lipinski definition) is 8. The Labute approximate surface area is 183 Å². The van der Waals surface area contributed by atoms with Crippen LogP contribution < -0.4 is 10.5 Å². The zero-order chi connectivity index (χ0) is 23.6. The summed E-state index contributed by atoms with van der Waals surface area (Å²) < 4.78 is 37.8. The first-order valence-electron chi connectivity index (χ1n) is 9.63. The Morgan fingerprint density at radius 2 is 1.88 bits per heavy atom. The van der Waals surface area contributed by atoms with E-state index in [1.54, 1.807) is 13.8 Å². The van der Waals surface area contributed by atoms with Crippen molar-refractivity contribution in [2.75, 3.05) is 20.2 Å². The van der Waals surface area contributed by atoms with Crippen molar-refractivity contribution in [1.82, 2.24) is 8.87 Å². The molecule has 3 rings (SSSR count). The number of nitro benzene ring substituents is 1. The van der Waals surface area contributed by atoms with E-state index in [2.05, 4.69) is 0 Å². The van der Waals surface area contributed by atoms with Crippen LogP contribution in [-0.4, -0.2) is 48.2 Å². The van der Waals surface area contributed by atoms with Crippen LogP contribution in [0.4, 0.5) is 5.69 Å². The van der Waals surface area contributed by atoms with Crippen LogP contribution in [0.1, 0.15) is 24.2 Å². The minimum Gasteiger partial charge on any atom is -0.490 e. The van der Waals surface area contributed by atoms with E-state index < -0.39 is 33.0 Å². The zero-order valence-corrected chi connectivity index (χ0v) is 18.4. The molecule has 12 heteroatoms. The standard InChI is InChI=1S/C20H21N3O8S/c1-4-21(5-2)32(28,29)14-7-8-15-19(11-14)31-20(25)22(15)12-17(24)13-6-9-18(30-3)16(10-13)23(26)27/h6-11H,4-5,12H2,1-3H3. The molecule has 0 aliphatic rings. The molecule has 0 saturated carbocycles. The molecule has 0 spiro atoms. The van der Waals surface area contributed by atoms with E-state index in [0.717, 1.165) is 10.6 Å². The van der Waals surface area contributed by atoms with Crippen molar-refractivity contribution in [2.45, 2.75) is 25.3 Å². The maximum absolute atomic E-state index is 12.7. The first kappa shape index (κ1) is 23.2. The number of nitro groups is 1. The van der Waals surface area contributed by atoms with Gasteiger partial charge in [-0.05, 0) is 24.3 Å². The second-order valence-electron chi connectivity index (χ2n) is 6.74. The fourth-order valence-corrected chi connectivity index (χ4v) is 4.78. The lowest BCUT2D eigenvalue weighted by Crippen LogP contribution is -2.30. The molecule has 0 fully saturated rings. The summed E-state index contributed by atoms with van der Waals surface area (Å²) >= 11 is 0. The monoisotopic (exact) mass is 463 g/mol. The molecule has 0 unspecified atom stereocenters. The van der Waals surface area contributed by atoms with Crippen LogP contribution >= 0.6 is 0 Å². The van der Waals surface area contributed by atoms with Crippen molar-refractivity contribution in [3.63, 3.8) is 0 Å². The summed E-state index contributed by atoms with van der Waals surface area (Å²) in [6.45, 7) is 3.54. The Morgan fingerprint density at radius 3 is 2.47 bits per heavy atom. The summed E-state index contributed by atoms with van der Waals surface area (Å²) in [6.07, 6.45) is 0. The molecule has 0 radical (unpaired) electrons. The predicted molar refractivity (Wildman–Crippen MR) is 115 cm³/mol. The molecule has 1 heterocycles. The number of nitrogens with zero attached hydrogens (tertiary/aromatic N) is 3. The largest absolute Gasteiger partial charge is 0.490 e. The molecule has 0 saturated heterocycles. The first-order valence-corrected chi connectivity index (χ1v) is 11.1. The Kier molecular flexibility index (Phi) is 6.46. The van der Waals surface area contributed by atoms with Gasteiger partial charge in [0.05, 0.1) is 29.0 Å². The van der Waals surface area contributed by atoms with Crippen molar-refractivity contribution in [1.29, 1.82) is 0 Å². The van der Waals surface area contributed by atoms with Gasteiger partial charge in [0.2, 0.25) is 10.0 Å². The second-order valence-corrected chi connectivity index (χ2v) is 8.68. The summed E-state index contributed by atoms with van der Waals surface area (Å²) in [6, 6.07) is 7.69. The molecule has 0 bridgehead atoms. The van der Waals surface area contributed by atoms with Gasteiger partial charge in [-0.25, -0.2) is 13.2 Å².